The van der Waals surface area contributed by atoms with Crippen molar-refractivity contribution in [3.05, 3.63) is 182 Å². The summed E-state index contributed by atoms with van der Waals surface area (Å²) in [7, 11) is 0. The standard InChI is InChI=1S/C49H30N2O/c1-3-12-31(13-4-1)35-29-43(34-24-25-38-33(28-34)23-22-32-14-7-8-17-37(32)38)50-44(30-35)41-20-11-19-39-40-26-27-46-47(49(40)52-48(39)41)42-18-9-10-21-45(42)51(46)36-15-5-2-6-16-36/h1-30H. The van der Waals surface area contributed by atoms with Gasteiger partial charge in [-0.25, -0.2) is 4.98 Å². The van der Waals surface area contributed by atoms with Crippen LogP contribution in [-0.4, -0.2) is 9.55 Å². The van der Waals surface area contributed by atoms with E-state index in [0.29, 0.717) is 0 Å². The summed E-state index contributed by atoms with van der Waals surface area (Å²) in [6.45, 7) is 0. The molecule has 3 aromatic heterocycles. The van der Waals surface area contributed by atoms with Crippen LogP contribution in [0.15, 0.2) is 186 Å². The van der Waals surface area contributed by atoms with Crippen LogP contribution in [0.2, 0.25) is 0 Å². The first-order valence-corrected chi connectivity index (χ1v) is 17.7. The fourth-order valence-electron chi connectivity index (χ4n) is 8.15. The lowest BCUT2D eigenvalue weighted by Gasteiger charge is -2.12. The summed E-state index contributed by atoms with van der Waals surface area (Å²) in [5, 5.41) is 9.41. The van der Waals surface area contributed by atoms with Crippen molar-refractivity contribution in [1.29, 1.82) is 0 Å². The van der Waals surface area contributed by atoms with Crippen molar-refractivity contribution in [2.75, 3.05) is 0 Å². The maximum Gasteiger partial charge on any atom is 0.145 e. The van der Waals surface area contributed by atoms with Crippen LogP contribution in [0.25, 0.3) is 105 Å². The molecule has 0 saturated carbocycles. The van der Waals surface area contributed by atoms with Gasteiger partial charge in [-0.2, -0.15) is 0 Å². The van der Waals surface area contributed by atoms with E-state index in [1.165, 1.54) is 26.9 Å². The lowest BCUT2D eigenvalue weighted by Crippen LogP contribution is -1.92. The maximum atomic E-state index is 7.04. The highest BCUT2D eigenvalue weighted by Crippen LogP contribution is 2.43. The Labute approximate surface area is 299 Å². The Balaban J connectivity index is 1.15. The normalized spacial score (nSPS) is 11.8. The zero-order valence-electron chi connectivity index (χ0n) is 28.1. The van der Waals surface area contributed by atoms with Crippen molar-refractivity contribution in [1.82, 2.24) is 9.55 Å². The van der Waals surface area contributed by atoms with E-state index < -0.39 is 0 Å². The first-order valence-electron chi connectivity index (χ1n) is 17.7. The summed E-state index contributed by atoms with van der Waals surface area (Å²) in [4.78, 5) is 5.38. The second kappa shape index (κ2) is 11.3. The molecule has 3 nitrogen and oxygen atoms in total. The van der Waals surface area contributed by atoms with E-state index in [1.54, 1.807) is 0 Å². The highest BCUT2D eigenvalue weighted by molar-refractivity contribution is 6.24. The van der Waals surface area contributed by atoms with Crippen molar-refractivity contribution < 1.29 is 4.42 Å². The number of aromatic nitrogens is 2. The Morgan fingerprint density at radius 1 is 0.385 bits per heavy atom. The zero-order valence-corrected chi connectivity index (χ0v) is 28.1. The Hall–Kier alpha value is -6.97. The second-order valence-electron chi connectivity index (χ2n) is 13.5. The van der Waals surface area contributed by atoms with Gasteiger partial charge in [-0.3, -0.25) is 0 Å². The number of pyridine rings is 1. The van der Waals surface area contributed by atoms with Crippen LogP contribution in [0.5, 0.6) is 0 Å². The SMILES string of the molecule is c1ccc(-c2cc(-c3ccc4c(ccc5ccccc54)c3)nc(-c3cccc4c3oc3c4ccc4c3c3ccccc3n4-c3ccccc3)c2)cc1. The van der Waals surface area contributed by atoms with Gasteiger partial charge >= 0.3 is 0 Å². The number of furan rings is 1. The van der Waals surface area contributed by atoms with Gasteiger partial charge in [-0.1, -0.05) is 127 Å². The molecule has 11 rings (SSSR count). The van der Waals surface area contributed by atoms with E-state index in [2.05, 4.69) is 187 Å². The Morgan fingerprint density at radius 2 is 1.06 bits per heavy atom. The molecule has 0 fully saturated rings. The monoisotopic (exact) mass is 662 g/mol. The van der Waals surface area contributed by atoms with Gasteiger partial charge in [0.1, 0.15) is 11.2 Å². The molecular formula is C49H30N2O. The molecule has 8 aromatic carbocycles. The van der Waals surface area contributed by atoms with Crippen LogP contribution in [0.1, 0.15) is 0 Å². The van der Waals surface area contributed by atoms with E-state index in [9.17, 15) is 0 Å². The summed E-state index contributed by atoms with van der Waals surface area (Å²) >= 11 is 0. The third-order valence-corrected chi connectivity index (χ3v) is 10.6. The van der Waals surface area contributed by atoms with E-state index in [-0.39, 0.29) is 0 Å². The second-order valence-corrected chi connectivity index (χ2v) is 13.5. The Morgan fingerprint density at radius 3 is 1.94 bits per heavy atom. The highest BCUT2D eigenvalue weighted by Gasteiger charge is 2.21. The summed E-state index contributed by atoms with van der Waals surface area (Å²) in [5.74, 6) is 0. The van der Waals surface area contributed by atoms with Crippen molar-refractivity contribution in [3.63, 3.8) is 0 Å². The molecule has 3 heteroatoms. The van der Waals surface area contributed by atoms with Gasteiger partial charge in [0.25, 0.3) is 0 Å². The number of nitrogens with zero attached hydrogens (tertiary/aromatic N) is 2. The molecule has 52 heavy (non-hydrogen) atoms. The minimum Gasteiger partial charge on any atom is -0.455 e. The summed E-state index contributed by atoms with van der Waals surface area (Å²) < 4.78 is 9.38. The van der Waals surface area contributed by atoms with Crippen LogP contribution in [0, 0.1) is 0 Å². The molecule has 0 bridgehead atoms. The molecule has 0 saturated heterocycles. The number of hydrogen-bond donors (Lipinski definition) is 0. The van der Waals surface area contributed by atoms with Gasteiger partial charge < -0.3 is 8.98 Å². The van der Waals surface area contributed by atoms with Crippen molar-refractivity contribution in [2.45, 2.75) is 0 Å². The molecule has 0 N–H and O–H groups in total. The predicted octanol–water partition coefficient (Wildman–Crippen LogP) is 13.4. The largest absolute Gasteiger partial charge is 0.455 e. The number of hydrogen-bond acceptors (Lipinski definition) is 2. The molecule has 0 unspecified atom stereocenters. The smallest absolute Gasteiger partial charge is 0.145 e. The number of benzene rings is 8. The van der Waals surface area contributed by atoms with Crippen LogP contribution in [0.3, 0.4) is 0 Å². The first-order chi connectivity index (χ1) is 25.8. The molecule has 3 heterocycles. The number of para-hydroxylation sites is 3. The zero-order chi connectivity index (χ0) is 34.2. The van der Waals surface area contributed by atoms with Gasteiger partial charge in [0, 0.05) is 33.0 Å². The van der Waals surface area contributed by atoms with E-state index in [4.69, 9.17) is 9.40 Å². The highest BCUT2D eigenvalue weighted by atomic mass is 16.3. The lowest BCUT2D eigenvalue weighted by atomic mass is 9.96. The predicted molar refractivity (Wildman–Crippen MR) is 217 cm³/mol. The first kappa shape index (κ1) is 28.8. The van der Waals surface area contributed by atoms with Crippen LogP contribution in [0.4, 0.5) is 0 Å². The van der Waals surface area contributed by atoms with Crippen LogP contribution in [-0.2, 0) is 0 Å². The fourth-order valence-corrected chi connectivity index (χ4v) is 8.15. The average Bonchev–Trinajstić information content (AvgIpc) is 3.77. The molecule has 0 amide bonds. The van der Waals surface area contributed by atoms with E-state index in [1.807, 2.05) is 0 Å². The van der Waals surface area contributed by atoms with Gasteiger partial charge in [-0.05, 0) is 87.3 Å². The van der Waals surface area contributed by atoms with Gasteiger partial charge in [0.15, 0.2) is 0 Å². The molecule has 242 valence electrons. The Bertz CT molecular complexity index is 3170. The number of rotatable bonds is 4. The molecule has 0 radical (unpaired) electrons. The topological polar surface area (TPSA) is 31.0 Å². The molecule has 0 aliphatic carbocycles. The number of fused-ring (bicyclic) bond motifs is 10. The van der Waals surface area contributed by atoms with Gasteiger partial charge in [0.05, 0.1) is 27.8 Å². The molecule has 0 atom stereocenters. The summed E-state index contributed by atoms with van der Waals surface area (Å²) in [5.41, 5.74) is 11.2. The van der Waals surface area contributed by atoms with Crippen molar-refractivity contribution >= 4 is 65.3 Å². The Kier molecular flexibility index (Phi) is 6.25. The minimum absolute atomic E-state index is 0.843. The fraction of sp³-hybridized carbons (Fsp3) is 0. The van der Waals surface area contributed by atoms with E-state index >= 15 is 0 Å². The van der Waals surface area contributed by atoms with Gasteiger partial charge in [-0.15, -0.1) is 0 Å². The summed E-state index contributed by atoms with van der Waals surface area (Å²) in [6.07, 6.45) is 0. The third-order valence-electron chi connectivity index (χ3n) is 10.6. The summed E-state index contributed by atoms with van der Waals surface area (Å²) in [6, 6.07) is 64.7. The lowest BCUT2D eigenvalue weighted by molar-refractivity contribution is 0.674. The molecule has 0 aliphatic heterocycles. The molecule has 0 aliphatic rings. The van der Waals surface area contributed by atoms with Crippen LogP contribution < -0.4 is 0 Å². The van der Waals surface area contributed by atoms with Crippen molar-refractivity contribution in [2.24, 2.45) is 0 Å². The minimum atomic E-state index is 0.843. The average molecular weight is 663 g/mol. The molecule has 11 aromatic rings. The van der Waals surface area contributed by atoms with E-state index in [0.717, 1.165) is 77.7 Å². The van der Waals surface area contributed by atoms with Gasteiger partial charge in [0.2, 0.25) is 0 Å². The van der Waals surface area contributed by atoms with Crippen LogP contribution >= 0.6 is 0 Å². The van der Waals surface area contributed by atoms with Crippen molar-refractivity contribution in [3.8, 4) is 39.3 Å². The molecule has 0 spiro atoms. The third kappa shape index (κ3) is 4.36. The quantitative estimate of drug-likeness (QED) is 0.176. The molecular weight excluding hydrogens is 633 g/mol. The maximum absolute atomic E-state index is 7.04.